The molecule has 0 radical (unpaired) electrons. The molecule has 1 aromatic rings. The van der Waals surface area contributed by atoms with Crippen molar-refractivity contribution in [2.75, 3.05) is 24.5 Å². The molecule has 2 aliphatic heterocycles. The number of nitro benzene ring substituents is 1. The van der Waals surface area contributed by atoms with Crippen LogP contribution < -0.4 is 4.90 Å². The number of hydrogen-bond donors (Lipinski definition) is 0. The van der Waals surface area contributed by atoms with Crippen LogP contribution in [0.1, 0.15) is 5.56 Å². The van der Waals surface area contributed by atoms with E-state index in [-0.39, 0.29) is 11.7 Å². The van der Waals surface area contributed by atoms with Gasteiger partial charge in [0.25, 0.3) is 5.69 Å². The molecule has 0 fully saturated rings. The average molecular weight is 272 g/mol. The second-order valence-corrected chi connectivity index (χ2v) is 4.50. The van der Waals surface area contributed by atoms with E-state index in [1.54, 1.807) is 21.9 Å². The molecule has 0 saturated heterocycles. The van der Waals surface area contributed by atoms with Gasteiger partial charge in [0.2, 0.25) is 0 Å². The fourth-order valence-corrected chi connectivity index (χ4v) is 2.47. The van der Waals surface area contributed by atoms with Gasteiger partial charge in [0.05, 0.1) is 17.2 Å². The zero-order valence-corrected chi connectivity index (χ0v) is 10.7. The number of benzene rings is 1. The van der Waals surface area contributed by atoms with Gasteiger partial charge in [-0.15, -0.1) is 6.58 Å². The second kappa shape index (κ2) is 4.44. The van der Waals surface area contributed by atoms with E-state index >= 15 is 0 Å². The molecule has 1 aromatic carbocycles. The van der Waals surface area contributed by atoms with E-state index in [1.807, 2.05) is 0 Å². The quantitative estimate of drug-likeness (QED) is 0.478. The van der Waals surface area contributed by atoms with Crippen molar-refractivity contribution in [2.24, 2.45) is 4.99 Å². The number of urea groups is 1. The Balaban J connectivity index is 2.18. The third-order valence-corrected chi connectivity index (χ3v) is 3.34. The van der Waals surface area contributed by atoms with Crippen LogP contribution in [-0.2, 0) is 0 Å². The molecule has 2 aliphatic rings. The number of rotatable bonds is 3. The minimum Gasteiger partial charge on any atom is -0.289 e. The van der Waals surface area contributed by atoms with Crippen molar-refractivity contribution in [1.82, 2.24) is 4.90 Å². The summed E-state index contributed by atoms with van der Waals surface area (Å²) in [6.45, 7) is 5.02. The van der Waals surface area contributed by atoms with Gasteiger partial charge in [0.15, 0.2) is 0 Å². The van der Waals surface area contributed by atoms with Crippen LogP contribution in [-0.4, -0.2) is 41.3 Å². The molecule has 7 heteroatoms. The molecular weight excluding hydrogens is 260 g/mol. The Morgan fingerprint density at radius 2 is 2.30 bits per heavy atom. The standard InChI is InChI=1S/C13H12N4O3/c1-2-6-15-11-4-3-9(17(19)20)8-10(11)12-14-5-7-16(12)13(15)18/h2-4,8H,1,5-7H2. The number of aliphatic imine (C=N–C) groups is 1. The van der Waals surface area contributed by atoms with E-state index < -0.39 is 4.92 Å². The smallest absolute Gasteiger partial charge is 0.289 e. The molecule has 102 valence electrons. The van der Waals surface area contributed by atoms with Crippen molar-refractivity contribution < 1.29 is 9.72 Å². The lowest BCUT2D eigenvalue weighted by Crippen LogP contribution is -2.49. The largest absolute Gasteiger partial charge is 0.330 e. The Labute approximate surface area is 115 Å². The summed E-state index contributed by atoms with van der Waals surface area (Å²) in [5.74, 6) is 0.522. The molecule has 0 N–H and O–H groups in total. The lowest BCUT2D eigenvalue weighted by atomic mass is 10.1. The van der Waals surface area contributed by atoms with Crippen molar-refractivity contribution in [3.8, 4) is 0 Å². The summed E-state index contributed by atoms with van der Waals surface area (Å²) < 4.78 is 0. The molecule has 0 bridgehead atoms. The summed E-state index contributed by atoms with van der Waals surface area (Å²) in [5.41, 5.74) is 1.25. The van der Waals surface area contributed by atoms with E-state index in [0.717, 1.165) is 0 Å². The maximum absolute atomic E-state index is 12.4. The Hall–Kier alpha value is -2.70. The van der Waals surface area contributed by atoms with E-state index in [0.29, 0.717) is 36.7 Å². The Morgan fingerprint density at radius 3 is 3.00 bits per heavy atom. The number of nitrogens with zero attached hydrogens (tertiary/aromatic N) is 4. The number of amides is 2. The van der Waals surface area contributed by atoms with Crippen molar-refractivity contribution in [3.05, 3.63) is 46.5 Å². The van der Waals surface area contributed by atoms with Gasteiger partial charge < -0.3 is 0 Å². The number of amidine groups is 1. The van der Waals surface area contributed by atoms with Gasteiger partial charge in [-0.3, -0.25) is 24.9 Å². The highest BCUT2D eigenvalue weighted by molar-refractivity contribution is 6.20. The summed E-state index contributed by atoms with van der Waals surface area (Å²) in [6.07, 6.45) is 1.63. The number of non-ortho nitro benzene ring substituents is 1. The van der Waals surface area contributed by atoms with E-state index in [2.05, 4.69) is 11.6 Å². The van der Waals surface area contributed by atoms with Crippen molar-refractivity contribution in [3.63, 3.8) is 0 Å². The minimum absolute atomic E-state index is 0.00815. The van der Waals surface area contributed by atoms with Crippen LogP contribution in [0.25, 0.3) is 0 Å². The lowest BCUT2D eigenvalue weighted by molar-refractivity contribution is -0.384. The van der Waals surface area contributed by atoms with E-state index in [1.165, 1.54) is 12.1 Å². The first-order valence-corrected chi connectivity index (χ1v) is 6.16. The van der Waals surface area contributed by atoms with Crippen LogP contribution in [0.2, 0.25) is 0 Å². The van der Waals surface area contributed by atoms with Gasteiger partial charge >= 0.3 is 6.03 Å². The molecule has 0 atom stereocenters. The number of fused-ring (bicyclic) bond motifs is 3. The molecule has 0 saturated carbocycles. The van der Waals surface area contributed by atoms with Gasteiger partial charge in [-0.25, -0.2) is 4.79 Å². The van der Waals surface area contributed by atoms with Gasteiger partial charge in [-0.05, 0) is 6.07 Å². The molecule has 20 heavy (non-hydrogen) atoms. The maximum atomic E-state index is 12.4. The highest BCUT2D eigenvalue weighted by atomic mass is 16.6. The lowest BCUT2D eigenvalue weighted by Gasteiger charge is -2.34. The zero-order chi connectivity index (χ0) is 14.3. The predicted molar refractivity (Wildman–Crippen MR) is 74.1 cm³/mol. The Morgan fingerprint density at radius 1 is 1.50 bits per heavy atom. The molecule has 0 aliphatic carbocycles. The van der Waals surface area contributed by atoms with Crippen LogP contribution in [0.3, 0.4) is 0 Å². The van der Waals surface area contributed by atoms with E-state index in [4.69, 9.17) is 0 Å². The van der Waals surface area contributed by atoms with Crippen LogP contribution in [0.4, 0.5) is 16.2 Å². The van der Waals surface area contributed by atoms with E-state index in [9.17, 15) is 14.9 Å². The van der Waals surface area contributed by atoms with Crippen LogP contribution in [0.5, 0.6) is 0 Å². The normalized spacial score (nSPS) is 16.6. The van der Waals surface area contributed by atoms with Gasteiger partial charge in [-0.1, -0.05) is 6.08 Å². The molecule has 2 heterocycles. The number of nitro groups is 1. The van der Waals surface area contributed by atoms with Crippen LogP contribution >= 0.6 is 0 Å². The monoisotopic (exact) mass is 272 g/mol. The molecule has 3 rings (SSSR count). The minimum atomic E-state index is -0.450. The molecule has 0 spiro atoms. The molecule has 0 aromatic heterocycles. The van der Waals surface area contributed by atoms with Gasteiger partial charge in [0.1, 0.15) is 5.84 Å². The summed E-state index contributed by atoms with van der Waals surface area (Å²) in [6, 6.07) is 4.29. The second-order valence-electron chi connectivity index (χ2n) is 4.50. The van der Waals surface area contributed by atoms with Gasteiger partial charge in [-0.2, -0.15) is 0 Å². The summed E-state index contributed by atoms with van der Waals surface area (Å²) in [7, 11) is 0. The summed E-state index contributed by atoms with van der Waals surface area (Å²) >= 11 is 0. The number of carbonyl (C=O) groups excluding carboxylic acids is 1. The zero-order valence-electron chi connectivity index (χ0n) is 10.7. The first-order valence-electron chi connectivity index (χ1n) is 6.16. The fraction of sp³-hybridized carbons (Fsp3) is 0.231. The highest BCUT2D eigenvalue weighted by Gasteiger charge is 2.37. The fourth-order valence-electron chi connectivity index (χ4n) is 2.47. The van der Waals surface area contributed by atoms with Crippen LogP contribution in [0.15, 0.2) is 35.8 Å². The number of hydrogen-bond acceptors (Lipinski definition) is 4. The molecular formula is C13H12N4O3. The van der Waals surface area contributed by atoms with Crippen LogP contribution in [0, 0.1) is 10.1 Å². The molecule has 0 unspecified atom stereocenters. The summed E-state index contributed by atoms with van der Waals surface area (Å²) in [5, 5.41) is 10.9. The number of carbonyl (C=O) groups is 1. The highest BCUT2D eigenvalue weighted by Crippen LogP contribution is 2.33. The third kappa shape index (κ3) is 1.67. The van der Waals surface area contributed by atoms with Crippen molar-refractivity contribution in [1.29, 1.82) is 0 Å². The average Bonchev–Trinajstić information content (AvgIpc) is 2.92. The SMILES string of the molecule is C=CCN1C(=O)N2CCN=C2c2cc([N+](=O)[O-])ccc21. The Kier molecular flexibility index (Phi) is 2.74. The molecule has 2 amide bonds. The topological polar surface area (TPSA) is 79.0 Å². The van der Waals surface area contributed by atoms with Gasteiger partial charge in [0, 0.05) is 30.8 Å². The third-order valence-electron chi connectivity index (χ3n) is 3.34. The number of anilines is 1. The maximum Gasteiger partial charge on any atom is 0.330 e. The van der Waals surface area contributed by atoms with Crippen molar-refractivity contribution in [2.45, 2.75) is 0 Å². The predicted octanol–water partition coefficient (Wildman–Crippen LogP) is 1.78. The Bertz CT molecular complexity index is 653. The summed E-state index contributed by atoms with van der Waals surface area (Å²) in [4.78, 5) is 30.2. The first kappa shape index (κ1) is 12.3. The van der Waals surface area contributed by atoms with Crippen molar-refractivity contribution >= 4 is 23.2 Å². The first-order chi connectivity index (χ1) is 9.63. The molecule has 7 nitrogen and oxygen atoms in total.